The molecule has 7 heteroatoms. The fourth-order valence-electron chi connectivity index (χ4n) is 6.20. The molecule has 2 fully saturated rings. The third kappa shape index (κ3) is 4.52. The minimum absolute atomic E-state index is 0.0203. The molecule has 0 saturated heterocycles. The molecule has 5 rings (SSSR count). The second-order valence-corrected chi connectivity index (χ2v) is 10.0. The number of carbonyl (C=O) groups excluding carboxylic acids is 1. The van der Waals surface area contributed by atoms with Crippen LogP contribution in [-0.2, 0) is 9.53 Å². The van der Waals surface area contributed by atoms with E-state index in [0.29, 0.717) is 25.0 Å². The standard InChI is InChI=1S/C29H33FN2O4/c1-18-27(28(33)32-20-4-6-21(7-5-20)36-15-14-34-2)29(18)11-8-19(9-12-29)22-10-13-31-25-17-26(35-3)24(30)16-23(22)25/h4-7,10,13,16-19,27H,8-9,11-12,14-15H2,1-3H3,(H,32,33)/t18-,19?,27+,29?/m0/s1. The van der Waals surface area contributed by atoms with Crippen molar-refractivity contribution in [3.05, 3.63) is 60.0 Å². The molecular weight excluding hydrogens is 459 g/mol. The van der Waals surface area contributed by atoms with Gasteiger partial charge in [-0.2, -0.15) is 0 Å². The van der Waals surface area contributed by atoms with E-state index in [2.05, 4.69) is 17.2 Å². The van der Waals surface area contributed by atoms with Crippen molar-refractivity contribution in [2.24, 2.45) is 17.3 Å². The number of nitrogens with one attached hydrogen (secondary N) is 1. The van der Waals surface area contributed by atoms with Crippen molar-refractivity contribution in [2.45, 2.75) is 38.5 Å². The number of nitrogens with zero attached hydrogens (tertiary/aromatic N) is 1. The lowest BCUT2D eigenvalue weighted by atomic mass is 9.74. The molecule has 1 amide bonds. The number of methoxy groups -OCH3 is 2. The number of amides is 1. The molecule has 2 aliphatic carbocycles. The lowest BCUT2D eigenvalue weighted by Crippen LogP contribution is -2.22. The van der Waals surface area contributed by atoms with Crippen molar-refractivity contribution >= 4 is 22.5 Å². The summed E-state index contributed by atoms with van der Waals surface area (Å²) in [6, 6.07) is 12.7. The van der Waals surface area contributed by atoms with Crippen LogP contribution in [0.5, 0.6) is 11.5 Å². The molecule has 1 heterocycles. The van der Waals surface area contributed by atoms with Crippen LogP contribution < -0.4 is 14.8 Å². The Kier molecular flexibility index (Phi) is 6.84. The second-order valence-electron chi connectivity index (χ2n) is 10.0. The summed E-state index contributed by atoms with van der Waals surface area (Å²) < 4.78 is 30.2. The van der Waals surface area contributed by atoms with Gasteiger partial charge >= 0.3 is 0 Å². The minimum atomic E-state index is -0.367. The fourth-order valence-corrected chi connectivity index (χ4v) is 6.20. The number of rotatable bonds is 8. The first-order valence-electron chi connectivity index (χ1n) is 12.6. The SMILES string of the molecule is COCCOc1ccc(NC(=O)[C@H]2[C@H](C)C23CCC(c2ccnc4cc(OC)c(F)cc24)CC3)cc1. The topological polar surface area (TPSA) is 69.7 Å². The molecule has 0 bridgehead atoms. The zero-order valence-corrected chi connectivity index (χ0v) is 21.1. The number of hydrogen-bond acceptors (Lipinski definition) is 5. The molecule has 3 aromatic rings. The summed E-state index contributed by atoms with van der Waals surface area (Å²) >= 11 is 0. The molecule has 2 aliphatic rings. The van der Waals surface area contributed by atoms with Gasteiger partial charge in [0.25, 0.3) is 0 Å². The molecule has 0 unspecified atom stereocenters. The van der Waals surface area contributed by atoms with Gasteiger partial charge in [0.05, 0.1) is 19.2 Å². The lowest BCUT2D eigenvalue weighted by Gasteiger charge is -2.31. The number of hydrogen-bond donors (Lipinski definition) is 1. The molecule has 0 aliphatic heterocycles. The van der Waals surface area contributed by atoms with E-state index in [9.17, 15) is 9.18 Å². The largest absolute Gasteiger partial charge is 0.494 e. The molecule has 2 saturated carbocycles. The molecular formula is C29H33FN2O4. The quantitative estimate of drug-likeness (QED) is 0.393. The van der Waals surface area contributed by atoms with Crippen molar-refractivity contribution in [3.63, 3.8) is 0 Å². The first-order valence-corrected chi connectivity index (χ1v) is 12.6. The van der Waals surface area contributed by atoms with Gasteiger partial charge in [-0.05, 0) is 84.9 Å². The van der Waals surface area contributed by atoms with Gasteiger partial charge in [-0.1, -0.05) is 6.92 Å². The number of ether oxygens (including phenoxy) is 3. The summed E-state index contributed by atoms with van der Waals surface area (Å²) in [5, 5.41) is 3.95. The molecule has 0 radical (unpaired) electrons. The molecule has 1 aromatic heterocycles. The average molecular weight is 493 g/mol. The molecule has 190 valence electrons. The summed E-state index contributed by atoms with van der Waals surface area (Å²) in [7, 11) is 3.10. The number of carbonyl (C=O) groups is 1. The normalized spacial score (nSPS) is 25.1. The van der Waals surface area contributed by atoms with E-state index in [1.807, 2.05) is 30.3 Å². The van der Waals surface area contributed by atoms with Crippen LogP contribution in [0.15, 0.2) is 48.7 Å². The van der Waals surface area contributed by atoms with E-state index < -0.39 is 0 Å². The fraction of sp³-hybridized carbons (Fsp3) is 0.448. The van der Waals surface area contributed by atoms with Gasteiger partial charge in [-0.15, -0.1) is 0 Å². The van der Waals surface area contributed by atoms with Crippen LogP contribution in [0.4, 0.5) is 10.1 Å². The maximum atomic E-state index is 14.5. The van der Waals surface area contributed by atoms with Crippen LogP contribution in [0.3, 0.4) is 0 Å². The van der Waals surface area contributed by atoms with Crippen LogP contribution in [0.2, 0.25) is 0 Å². The van der Waals surface area contributed by atoms with E-state index in [1.165, 1.54) is 7.11 Å². The van der Waals surface area contributed by atoms with Crippen LogP contribution in [-0.4, -0.2) is 38.3 Å². The molecule has 36 heavy (non-hydrogen) atoms. The summed E-state index contributed by atoms with van der Waals surface area (Å²) in [5.41, 5.74) is 2.72. The zero-order valence-electron chi connectivity index (χ0n) is 21.1. The zero-order chi connectivity index (χ0) is 25.3. The predicted octanol–water partition coefficient (Wildman–Crippen LogP) is 5.96. The Morgan fingerprint density at radius 2 is 1.86 bits per heavy atom. The van der Waals surface area contributed by atoms with Crippen LogP contribution >= 0.6 is 0 Å². The van der Waals surface area contributed by atoms with Crippen molar-refractivity contribution < 1.29 is 23.4 Å². The Morgan fingerprint density at radius 1 is 1.11 bits per heavy atom. The summed E-state index contributed by atoms with van der Waals surface area (Å²) in [5.74, 6) is 1.39. The van der Waals surface area contributed by atoms with Crippen molar-refractivity contribution in [1.29, 1.82) is 0 Å². The van der Waals surface area contributed by atoms with Crippen LogP contribution in [0, 0.1) is 23.1 Å². The summed E-state index contributed by atoms with van der Waals surface area (Å²) in [4.78, 5) is 17.6. The molecule has 6 nitrogen and oxygen atoms in total. The number of pyridine rings is 1. The van der Waals surface area contributed by atoms with E-state index in [1.54, 1.807) is 25.4 Å². The van der Waals surface area contributed by atoms with Crippen molar-refractivity contribution in [3.8, 4) is 11.5 Å². The molecule has 2 atom stereocenters. The van der Waals surface area contributed by atoms with Gasteiger partial charge in [0.1, 0.15) is 12.4 Å². The Morgan fingerprint density at radius 3 is 2.56 bits per heavy atom. The average Bonchev–Trinajstić information content (AvgIpc) is 3.46. The van der Waals surface area contributed by atoms with Gasteiger partial charge < -0.3 is 19.5 Å². The van der Waals surface area contributed by atoms with E-state index in [-0.39, 0.29) is 28.8 Å². The Bertz CT molecular complexity index is 1240. The third-order valence-electron chi connectivity index (χ3n) is 8.28. The van der Waals surface area contributed by atoms with Gasteiger partial charge in [0, 0.05) is 36.4 Å². The second kappa shape index (κ2) is 10.1. The first kappa shape index (κ1) is 24.5. The van der Waals surface area contributed by atoms with E-state index in [0.717, 1.165) is 53.6 Å². The number of halogens is 1. The van der Waals surface area contributed by atoms with Crippen LogP contribution in [0.1, 0.15) is 44.1 Å². The lowest BCUT2D eigenvalue weighted by molar-refractivity contribution is -0.118. The monoisotopic (exact) mass is 492 g/mol. The Hall–Kier alpha value is -3.19. The molecule has 1 N–H and O–H groups in total. The minimum Gasteiger partial charge on any atom is -0.494 e. The van der Waals surface area contributed by atoms with Crippen LogP contribution in [0.25, 0.3) is 10.9 Å². The smallest absolute Gasteiger partial charge is 0.228 e. The third-order valence-corrected chi connectivity index (χ3v) is 8.28. The number of anilines is 1. The summed E-state index contributed by atoms with van der Waals surface area (Å²) in [6.07, 6.45) is 5.74. The van der Waals surface area contributed by atoms with Crippen molar-refractivity contribution in [2.75, 3.05) is 32.8 Å². The Labute approximate surface area is 211 Å². The van der Waals surface area contributed by atoms with Gasteiger partial charge in [0.15, 0.2) is 11.6 Å². The van der Waals surface area contributed by atoms with Gasteiger partial charge in [-0.3, -0.25) is 9.78 Å². The highest BCUT2D eigenvalue weighted by Crippen LogP contribution is 2.67. The highest BCUT2D eigenvalue weighted by molar-refractivity contribution is 5.95. The predicted molar refractivity (Wildman–Crippen MR) is 137 cm³/mol. The maximum Gasteiger partial charge on any atom is 0.228 e. The molecule has 1 spiro atoms. The van der Waals surface area contributed by atoms with E-state index in [4.69, 9.17) is 14.2 Å². The highest BCUT2D eigenvalue weighted by Gasteiger charge is 2.65. The number of fused-ring (bicyclic) bond motifs is 1. The molecule has 2 aromatic carbocycles. The van der Waals surface area contributed by atoms with E-state index >= 15 is 0 Å². The summed E-state index contributed by atoms with van der Waals surface area (Å²) in [6.45, 7) is 3.22. The highest BCUT2D eigenvalue weighted by atomic mass is 19.1. The van der Waals surface area contributed by atoms with Gasteiger partial charge in [-0.25, -0.2) is 4.39 Å². The maximum absolute atomic E-state index is 14.5. The van der Waals surface area contributed by atoms with Gasteiger partial charge in [0.2, 0.25) is 5.91 Å². The number of benzene rings is 2. The van der Waals surface area contributed by atoms with Crippen molar-refractivity contribution in [1.82, 2.24) is 4.98 Å². The Balaban J connectivity index is 1.22. The number of aromatic nitrogens is 1. The first-order chi connectivity index (χ1) is 17.5.